The summed E-state index contributed by atoms with van der Waals surface area (Å²) in [7, 11) is 0. The maximum Gasteiger partial charge on any atom is 0.220 e. The minimum atomic E-state index is -1.57. The summed E-state index contributed by atoms with van der Waals surface area (Å²) in [5.74, 6) is -0.198. The Morgan fingerprint density at radius 2 is 1.06 bits per heavy atom. The van der Waals surface area contributed by atoms with Gasteiger partial charge in [-0.25, -0.2) is 0 Å². The molecular formula is C45H83NO8. The van der Waals surface area contributed by atoms with E-state index >= 15 is 0 Å². The minimum Gasteiger partial charge on any atom is -0.394 e. The first-order chi connectivity index (χ1) is 26.3. The predicted octanol–water partition coefficient (Wildman–Crippen LogP) is 8.89. The molecule has 9 nitrogen and oxygen atoms in total. The Hall–Kier alpha value is -1.59. The van der Waals surface area contributed by atoms with Gasteiger partial charge in [-0.3, -0.25) is 4.79 Å². The van der Waals surface area contributed by atoms with Crippen molar-refractivity contribution in [1.82, 2.24) is 5.32 Å². The Labute approximate surface area is 330 Å². The van der Waals surface area contributed by atoms with Gasteiger partial charge < -0.3 is 40.3 Å². The molecule has 0 aromatic heterocycles. The van der Waals surface area contributed by atoms with E-state index in [1.165, 1.54) is 109 Å². The summed E-state index contributed by atoms with van der Waals surface area (Å²) >= 11 is 0. The molecule has 7 unspecified atom stereocenters. The highest BCUT2D eigenvalue weighted by molar-refractivity contribution is 5.76. The Balaban J connectivity index is 2.41. The third-order valence-corrected chi connectivity index (χ3v) is 10.4. The van der Waals surface area contributed by atoms with Crippen molar-refractivity contribution in [1.29, 1.82) is 0 Å². The second kappa shape index (κ2) is 35.8. The first kappa shape index (κ1) is 50.4. The Kier molecular flexibility index (Phi) is 33.4. The second-order valence-corrected chi connectivity index (χ2v) is 15.5. The molecule has 1 saturated heterocycles. The van der Waals surface area contributed by atoms with E-state index in [0.717, 1.165) is 57.8 Å². The molecule has 1 amide bonds. The van der Waals surface area contributed by atoms with Gasteiger partial charge in [-0.2, -0.15) is 0 Å². The summed E-state index contributed by atoms with van der Waals surface area (Å²) in [6, 6.07) is -0.823. The normalized spacial score (nSPS) is 21.8. The summed E-state index contributed by atoms with van der Waals surface area (Å²) in [5.41, 5.74) is 0. The van der Waals surface area contributed by atoms with Crippen molar-refractivity contribution < 1.29 is 39.8 Å². The summed E-state index contributed by atoms with van der Waals surface area (Å²) < 4.78 is 11.2. The molecule has 0 spiro atoms. The van der Waals surface area contributed by atoms with Crippen LogP contribution in [0.5, 0.6) is 0 Å². The summed E-state index contributed by atoms with van der Waals surface area (Å²) in [6.45, 7) is 3.72. The average Bonchev–Trinajstić information content (AvgIpc) is 3.17. The fourth-order valence-electron chi connectivity index (χ4n) is 6.81. The van der Waals surface area contributed by atoms with E-state index in [4.69, 9.17) is 9.47 Å². The molecule has 1 rings (SSSR count). The fraction of sp³-hybridized carbons (Fsp3) is 0.844. The lowest BCUT2D eigenvalue weighted by Crippen LogP contribution is -2.60. The van der Waals surface area contributed by atoms with Crippen LogP contribution in [0.3, 0.4) is 0 Å². The van der Waals surface area contributed by atoms with Crippen molar-refractivity contribution in [3.63, 3.8) is 0 Å². The zero-order valence-electron chi connectivity index (χ0n) is 34.5. The molecule has 316 valence electrons. The highest BCUT2D eigenvalue weighted by atomic mass is 16.7. The number of aliphatic hydroxyl groups is 5. The maximum atomic E-state index is 12.9. The van der Waals surface area contributed by atoms with Gasteiger partial charge in [0.15, 0.2) is 6.29 Å². The lowest BCUT2D eigenvalue weighted by atomic mass is 9.99. The van der Waals surface area contributed by atoms with Crippen LogP contribution in [0.25, 0.3) is 0 Å². The highest BCUT2D eigenvalue weighted by Gasteiger charge is 2.44. The van der Waals surface area contributed by atoms with Crippen LogP contribution in [0.4, 0.5) is 0 Å². The Morgan fingerprint density at radius 3 is 1.57 bits per heavy atom. The number of ether oxygens (including phenoxy) is 2. The highest BCUT2D eigenvalue weighted by Crippen LogP contribution is 2.22. The number of allylic oxidation sites excluding steroid dienone is 5. The van der Waals surface area contributed by atoms with Crippen LogP contribution in [0.1, 0.15) is 187 Å². The maximum absolute atomic E-state index is 12.9. The van der Waals surface area contributed by atoms with Gasteiger partial charge in [-0.1, -0.05) is 159 Å². The van der Waals surface area contributed by atoms with Crippen molar-refractivity contribution in [3.05, 3.63) is 36.5 Å². The quantitative estimate of drug-likeness (QED) is 0.0274. The number of rotatable bonds is 36. The number of carbonyl (C=O) groups excluding carboxylic acids is 1. The largest absolute Gasteiger partial charge is 0.394 e. The number of hydrogen-bond acceptors (Lipinski definition) is 8. The van der Waals surface area contributed by atoms with Gasteiger partial charge >= 0.3 is 0 Å². The van der Waals surface area contributed by atoms with Crippen LogP contribution >= 0.6 is 0 Å². The van der Waals surface area contributed by atoms with Crippen molar-refractivity contribution in [2.24, 2.45) is 0 Å². The molecule has 7 atom stereocenters. The molecule has 1 aliphatic rings. The number of amides is 1. The van der Waals surface area contributed by atoms with Gasteiger partial charge in [0, 0.05) is 6.42 Å². The van der Waals surface area contributed by atoms with E-state index in [1.807, 2.05) is 6.08 Å². The monoisotopic (exact) mass is 766 g/mol. The molecule has 1 heterocycles. The van der Waals surface area contributed by atoms with Gasteiger partial charge in [0.1, 0.15) is 24.4 Å². The van der Waals surface area contributed by atoms with E-state index in [1.54, 1.807) is 6.08 Å². The first-order valence-corrected chi connectivity index (χ1v) is 22.2. The van der Waals surface area contributed by atoms with Crippen LogP contribution < -0.4 is 5.32 Å². The average molecular weight is 766 g/mol. The lowest BCUT2D eigenvalue weighted by Gasteiger charge is -2.40. The third-order valence-electron chi connectivity index (χ3n) is 10.4. The van der Waals surface area contributed by atoms with E-state index < -0.39 is 49.5 Å². The minimum absolute atomic E-state index is 0.198. The van der Waals surface area contributed by atoms with Gasteiger partial charge in [-0.15, -0.1) is 0 Å². The van der Waals surface area contributed by atoms with Crippen molar-refractivity contribution >= 4 is 5.91 Å². The number of hydrogen-bond donors (Lipinski definition) is 6. The molecular weight excluding hydrogens is 682 g/mol. The van der Waals surface area contributed by atoms with Gasteiger partial charge in [0.25, 0.3) is 0 Å². The molecule has 54 heavy (non-hydrogen) atoms. The predicted molar refractivity (Wildman–Crippen MR) is 221 cm³/mol. The van der Waals surface area contributed by atoms with E-state index in [0.29, 0.717) is 6.42 Å². The summed E-state index contributed by atoms with van der Waals surface area (Å²) in [5, 5.41) is 54.1. The van der Waals surface area contributed by atoms with Crippen molar-refractivity contribution in [2.45, 2.75) is 230 Å². The topological polar surface area (TPSA) is 149 Å². The van der Waals surface area contributed by atoms with E-state index in [2.05, 4.69) is 43.5 Å². The fourth-order valence-corrected chi connectivity index (χ4v) is 6.81. The molecule has 0 radical (unpaired) electrons. The van der Waals surface area contributed by atoms with Crippen molar-refractivity contribution in [3.8, 4) is 0 Å². The summed E-state index contributed by atoms with van der Waals surface area (Å²) in [4.78, 5) is 12.9. The zero-order valence-corrected chi connectivity index (χ0v) is 34.5. The smallest absolute Gasteiger partial charge is 0.220 e. The van der Waals surface area contributed by atoms with Crippen LogP contribution in [-0.4, -0.2) is 87.5 Å². The van der Waals surface area contributed by atoms with Crippen LogP contribution in [-0.2, 0) is 14.3 Å². The molecule has 0 aliphatic carbocycles. The third kappa shape index (κ3) is 26.3. The Morgan fingerprint density at radius 1 is 0.611 bits per heavy atom. The molecule has 0 bridgehead atoms. The molecule has 0 aromatic rings. The first-order valence-electron chi connectivity index (χ1n) is 22.2. The molecule has 1 fully saturated rings. The second-order valence-electron chi connectivity index (χ2n) is 15.5. The van der Waals surface area contributed by atoms with Gasteiger partial charge in [0.2, 0.25) is 5.91 Å². The molecule has 6 N–H and O–H groups in total. The zero-order chi connectivity index (χ0) is 39.5. The van der Waals surface area contributed by atoms with Gasteiger partial charge in [-0.05, 0) is 57.8 Å². The molecule has 9 heteroatoms. The van der Waals surface area contributed by atoms with Gasteiger partial charge in [0.05, 0.1) is 25.4 Å². The van der Waals surface area contributed by atoms with Crippen LogP contribution in [0, 0.1) is 0 Å². The SMILES string of the molecule is CCCCCC/C=C\CCCCCCCC(=O)NC(COC1OC(CO)C(O)C(O)C1O)C(O)/C=C/CC/C=C/CCCCCCCCCCCCCC. The standard InChI is InChI=1S/C45H83NO8/c1-3-5-7-9-11-13-15-17-18-19-20-21-23-24-26-28-30-32-34-39(48)38(37-53-45-44(52)43(51)42(50)40(36-47)54-45)46-41(49)35-33-31-29-27-25-22-16-14-12-10-8-6-4-2/h14,16,24,26,32,34,38-40,42-45,47-48,50-52H,3-13,15,17-23,25,27-31,33,35-37H2,1-2H3,(H,46,49)/b16-14-,26-24+,34-32+. The van der Waals surface area contributed by atoms with Crippen LogP contribution in [0.15, 0.2) is 36.5 Å². The lowest BCUT2D eigenvalue weighted by molar-refractivity contribution is -0.302. The molecule has 0 saturated carbocycles. The Bertz CT molecular complexity index is 941. The number of carbonyl (C=O) groups is 1. The van der Waals surface area contributed by atoms with Crippen molar-refractivity contribution in [2.75, 3.05) is 13.2 Å². The number of nitrogens with one attached hydrogen (secondary N) is 1. The van der Waals surface area contributed by atoms with E-state index in [9.17, 15) is 30.3 Å². The summed E-state index contributed by atoms with van der Waals surface area (Å²) in [6.07, 6.45) is 36.2. The molecule has 1 aliphatic heterocycles. The number of unbranched alkanes of at least 4 members (excludes halogenated alkanes) is 22. The van der Waals surface area contributed by atoms with Crippen LogP contribution in [0.2, 0.25) is 0 Å². The van der Waals surface area contributed by atoms with E-state index in [-0.39, 0.29) is 12.5 Å². The molecule has 0 aromatic carbocycles. The number of aliphatic hydroxyl groups excluding tert-OH is 5.